The van der Waals surface area contributed by atoms with Crippen LogP contribution in [0.1, 0.15) is 37.1 Å². The van der Waals surface area contributed by atoms with Crippen LogP contribution in [0.5, 0.6) is 5.75 Å². The molecule has 0 radical (unpaired) electrons. The van der Waals surface area contributed by atoms with Gasteiger partial charge in [0.15, 0.2) is 0 Å². The number of carbonyl (C=O) groups excluding carboxylic acids is 2. The Balaban J connectivity index is 1.41. The minimum atomic E-state index is -0.126. The van der Waals surface area contributed by atoms with Gasteiger partial charge < -0.3 is 19.5 Å². The Kier molecular flexibility index (Phi) is 6.83. The number of hydrogen-bond acceptors (Lipinski definition) is 6. The fourth-order valence-corrected chi connectivity index (χ4v) is 3.87. The third-order valence-electron chi connectivity index (χ3n) is 5.53. The number of para-hydroxylation sites is 1. The van der Waals surface area contributed by atoms with Gasteiger partial charge in [-0.25, -0.2) is 0 Å². The predicted octanol–water partition coefficient (Wildman–Crippen LogP) is 4.12. The lowest BCUT2D eigenvalue weighted by atomic mass is 9.98. The second-order valence-corrected chi connectivity index (χ2v) is 7.91. The fourth-order valence-electron chi connectivity index (χ4n) is 3.87. The van der Waals surface area contributed by atoms with Crippen LogP contribution in [0.4, 0.5) is 5.69 Å². The van der Waals surface area contributed by atoms with Crippen LogP contribution in [0, 0.1) is 0 Å². The Bertz CT molecular complexity index is 1150. The zero-order valence-corrected chi connectivity index (χ0v) is 18.7. The molecule has 1 fully saturated rings. The van der Waals surface area contributed by atoms with E-state index < -0.39 is 0 Å². The number of hydrogen-bond donors (Lipinski definition) is 1. The number of rotatable bonds is 6. The number of ether oxygens (including phenoxy) is 1. The highest BCUT2D eigenvalue weighted by Crippen LogP contribution is 2.28. The first kappa shape index (κ1) is 22.3. The van der Waals surface area contributed by atoms with Crippen LogP contribution in [0.15, 0.2) is 59.1 Å². The van der Waals surface area contributed by atoms with E-state index in [1.165, 1.54) is 6.92 Å². The Hall–Kier alpha value is -3.94. The molecule has 0 saturated carbocycles. The highest BCUT2D eigenvalue weighted by atomic mass is 16.5. The van der Waals surface area contributed by atoms with E-state index in [9.17, 15) is 9.59 Å². The molecule has 3 aromatic rings. The van der Waals surface area contributed by atoms with Crippen LogP contribution in [0.3, 0.4) is 0 Å². The van der Waals surface area contributed by atoms with Gasteiger partial charge in [-0.15, -0.1) is 0 Å². The third kappa shape index (κ3) is 5.46. The predicted molar refractivity (Wildman–Crippen MR) is 125 cm³/mol. The Morgan fingerprint density at radius 1 is 1.18 bits per heavy atom. The molecular weight excluding hydrogens is 420 g/mol. The second-order valence-electron chi connectivity index (χ2n) is 7.91. The van der Waals surface area contributed by atoms with E-state index >= 15 is 0 Å². The molecule has 170 valence electrons. The molecule has 8 nitrogen and oxygen atoms in total. The van der Waals surface area contributed by atoms with Gasteiger partial charge >= 0.3 is 0 Å². The van der Waals surface area contributed by atoms with Crippen molar-refractivity contribution in [2.24, 2.45) is 0 Å². The number of likely N-dealkylation sites (tertiary alicyclic amines) is 1. The highest BCUT2D eigenvalue weighted by molar-refractivity contribution is 5.92. The number of carbonyl (C=O) groups is 2. The van der Waals surface area contributed by atoms with Gasteiger partial charge in [0.25, 0.3) is 0 Å². The summed E-state index contributed by atoms with van der Waals surface area (Å²) >= 11 is 0. The number of nitrogens with one attached hydrogen (secondary N) is 1. The molecule has 1 saturated heterocycles. The fraction of sp³-hybridized carbons (Fsp3) is 0.280. The lowest BCUT2D eigenvalue weighted by molar-refractivity contribution is -0.127. The molecule has 0 aliphatic carbocycles. The molecule has 33 heavy (non-hydrogen) atoms. The first-order valence-corrected chi connectivity index (χ1v) is 10.8. The summed E-state index contributed by atoms with van der Waals surface area (Å²) < 4.78 is 10.9. The second kappa shape index (κ2) is 10.1. The van der Waals surface area contributed by atoms with E-state index in [0.29, 0.717) is 30.5 Å². The van der Waals surface area contributed by atoms with Crippen molar-refractivity contribution in [3.63, 3.8) is 0 Å². The maximum Gasteiger partial charge on any atom is 0.246 e. The average molecular weight is 447 g/mol. The number of nitrogens with zero attached hydrogens (tertiary/aromatic N) is 3. The number of methoxy groups -OCH3 is 1. The molecule has 1 atom stereocenters. The Labute approximate surface area is 192 Å². The molecule has 0 spiro atoms. The number of anilines is 1. The van der Waals surface area contributed by atoms with Crippen molar-refractivity contribution < 1.29 is 18.8 Å². The van der Waals surface area contributed by atoms with E-state index in [0.717, 1.165) is 29.7 Å². The monoisotopic (exact) mass is 446 g/mol. The van der Waals surface area contributed by atoms with E-state index in [4.69, 9.17) is 9.26 Å². The zero-order chi connectivity index (χ0) is 23.2. The lowest BCUT2D eigenvalue weighted by Gasteiger charge is -2.30. The van der Waals surface area contributed by atoms with E-state index in [2.05, 4.69) is 15.5 Å². The lowest BCUT2D eigenvalue weighted by Crippen LogP contribution is -2.38. The van der Waals surface area contributed by atoms with Crippen molar-refractivity contribution >= 4 is 23.6 Å². The number of benzene rings is 2. The molecule has 1 N–H and O–H groups in total. The smallest absolute Gasteiger partial charge is 0.246 e. The largest absolute Gasteiger partial charge is 0.496 e. The molecule has 2 heterocycles. The van der Waals surface area contributed by atoms with E-state index in [1.807, 2.05) is 41.3 Å². The van der Waals surface area contributed by atoms with Gasteiger partial charge in [-0.1, -0.05) is 23.4 Å². The van der Waals surface area contributed by atoms with Gasteiger partial charge in [0, 0.05) is 42.9 Å². The van der Waals surface area contributed by atoms with Gasteiger partial charge in [-0.05, 0) is 49.2 Å². The van der Waals surface area contributed by atoms with Crippen molar-refractivity contribution in [1.82, 2.24) is 15.0 Å². The molecular formula is C25H26N4O4. The van der Waals surface area contributed by atoms with Crippen molar-refractivity contribution in [1.29, 1.82) is 0 Å². The molecule has 1 unspecified atom stereocenters. The maximum atomic E-state index is 12.8. The molecule has 8 heteroatoms. The van der Waals surface area contributed by atoms with E-state index in [1.54, 1.807) is 31.4 Å². The van der Waals surface area contributed by atoms with Crippen LogP contribution in [0.25, 0.3) is 17.5 Å². The summed E-state index contributed by atoms with van der Waals surface area (Å²) in [5.41, 5.74) is 2.35. The van der Waals surface area contributed by atoms with Gasteiger partial charge in [0.2, 0.25) is 23.5 Å². The normalized spacial score (nSPS) is 16.1. The average Bonchev–Trinajstić information content (AvgIpc) is 3.33. The minimum absolute atomic E-state index is 0.0118. The van der Waals surface area contributed by atoms with Crippen LogP contribution >= 0.6 is 0 Å². The van der Waals surface area contributed by atoms with Gasteiger partial charge in [-0.3, -0.25) is 9.59 Å². The molecule has 4 rings (SSSR count). The SMILES string of the molecule is COc1ccccc1/C=C/C(=O)N1CCCC(c2nc(-c3ccc(NC(C)=O)cc3)no2)C1. The summed E-state index contributed by atoms with van der Waals surface area (Å²) in [4.78, 5) is 30.3. The first-order valence-electron chi connectivity index (χ1n) is 10.8. The molecule has 2 amide bonds. The zero-order valence-electron chi connectivity index (χ0n) is 18.7. The molecule has 0 bridgehead atoms. The topological polar surface area (TPSA) is 97.6 Å². The first-order chi connectivity index (χ1) is 16.0. The summed E-state index contributed by atoms with van der Waals surface area (Å²) in [6.45, 7) is 2.68. The van der Waals surface area contributed by atoms with Crippen molar-refractivity contribution in [2.45, 2.75) is 25.7 Å². The summed E-state index contributed by atoms with van der Waals surface area (Å²) in [6, 6.07) is 14.8. The summed E-state index contributed by atoms with van der Waals surface area (Å²) in [5, 5.41) is 6.84. The molecule has 2 aromatic carbocycles. The van der Waals surface area contributed by atoms with Crippen molar-refractivity contribution in [3.8, 4) is 17.1 Å². The molecule has 1 aliphatic heterocycles. The maximum absolute atomic E-state index is 12.8. The van der Waals surface area contributed by atoms with Gasteiger partial charge in [0.1, 0.15) is 5.75 Å². The number of amides is 2. The van der Waals surface area contributed by atoms with Crippen LogP contribution < -0.4 is 10.1 Å². The van der Waals surface area contributed by atoms with E-state index in [-0.39, 0.29) is 17.7 Å². The quantitative estimate of drug-likeness (QED) is 0.572. The minimum Gasteiger partial charge on any atom is -0.496 e. The van der Waals surface area contributed by atoms with Gasteiger partial charge in [0.05, 0.1) is 13.0 Å². The number of piperidine rings is 1. The van der Waals surface area contributed by atoms with Gasteiger partial charge in [-0.2, -0.15) is 4.98 Å². The van der Waals surface area contributed by atoms with Crippen LogP contribution in [-0.2, 0) is 9.59 Å². The van der Waals surface area contributed by atoms with Crippen molar-refractivity contribution in [2.75, 3.05) is 25.5 Å². The number of aromatic nitrogens is 2. The summed E-state index contributed by atoms with van der Waals surface area (Å²) in [5.74, 6) is 1.54. The highest BCUT2D eigenvalue weighted by Gasteiger charge is 2.28. The third-order valence-corrected chi connectivity index (χ3v) is 5.53. The standard InChI is InChI=1S/C25H26N4O4/c1-17(30)26-21-12-9-19(10-13-21)24-27-25(33-28-24)20-7-5-15-29(16-20)23(31)14-11-18-6-3-4-8-22(18)32-2/h3-4,6,8-14,20H,5,7,15-16H2,1-2H3,(H,26,30)/b14-11+. The Morgan fingerprint density at radius 3 is 2.73 bits per heavy atom. The molecule has 1 aromatic heterocycles. The van der Waals surface area contributed by atoms with Crippen LogP contribution in [-0.4, -0.2) is 47.1 Å². The van der Waals surface area contributed by atoms with Crippen LogP contribution in [0.2, 0.25) is 0 Å². The summed E-state index contributed by atoms with van der Waals surface area (Å²) in [7, 11) is 1.61. The Morgan fingerprint density at radius 2 is 1.97 bits per heavy atom. The van der Waals surface area contributed by atoms with Crippen molar-refractivity contribution in [3.05, 3.63) is 66.1 Å². The summed E-state index contributed by atoms with van der Waals surface area (Å²) in [6.07, 6.45) is 5.10. The molecule has 1 aliphatic rings.